The third-order valence-electron chi connectivity index (χ3n) is 3.38. The van der Waals surface area contributed by atoms with E-state index in [2.05, 4.69) is 17.3 Å². The van der Waals surface area contributed by atoms with E-state index in [1.807, 2.05) is 13.8 Å². The minimum absolute atomic E-state index is 0.530. The second-order valence-electron chi connectivity index (χ2n) is 5.80. The molecule has 0 radical (unpaired) electrons. The van der Waals surface area contributed by atoms with Crippen molar-refractivity contribution in [1.82, 2.24) is 10.2 Å². The van der Waals surface area contributed by atoms with Crippen molar-refractivity contribution in [2.75, 3.05) is 26.7 Å². The molecular weight excluding hydrogens is 200 g/mol. The molecular formula is C13H28N2O. The van der Waals surface area contributed by atoms with Crippen molar-refractivity contribution >= 4 is 0 Å². The molecule has 0 spiro atoms. The molecule has 1 fully saturated rings. The Bertz CT molecular complexity index is 183. The fourth-order valence-corrected chi connectivity index (χ4v) is 2.12. The summed E-state index contributed by atoms with van der Waals surface area (Å²) in [6, 6.07) is 0.721. The summed E-state index contributed by atoms with van der Waals surface area (Å²) < 4.78 is 0. The van der Waals surface area contributed by atoms with Crippen LogP contribution in [0.1, 0.15) is 46.0 Å². The molecule has 1 unspecified atom stereocenters. The van der Waals surface area contributed by atoms with Crippen LogP contribution in [0, 0.1) is 0 Å². The van der Waals surface area contributed by atoms with E-state index in [1.165, 1.54) is 32.2 Å². The summed E-state index contributed by atoms with van der Waals surface area (Å²) in [5.41, 5.74) is -0.530. The second kappa shape index (κ2) is 6.58. The van der Waals surface area contributed by atoms with Crippen LogP contribution in [0.5, 0.6) is 0 Å². The first kappa shape index (κ1) is 13.9. The average molecular weight is 228 g/mol. The molecule has 3 nitrogen and oxygen atoms in total. The Hall–Kier alpha value is -0.120. The average Bonchev–Trinajstić information content (AvgIpc) is 2.24. The van der Waals surface area contributed by atoms with Gasteiger partial charge in [0, 0.05) is 12.6 Å². The van der Waals surface area contributed by atoms with Gasteiger partial charge < -0.3 is 15.3 Å². The molecule has 1 aliphatic rings. The minimum atomic E-state index is -0.530. The van der Waals surface area contributed by atoms with Crippen molar-refractivity contribution < 1.29 is 5.11 Å². The van der Waals surface area contributed by atoms with Crippen LogP contribution in [0.25, 0.3) is 0 Å². The molecule has 0 amide bonds. The number of nitrogens with one attached hydrogen (secondary N) is 1. The van der Waals surface area contributed by atoms with Gasteiger partial charge in [0.05, 0.1) is 5.60 Å². The zero-order valence-electron chi connectivity index (χ0n) is 11.1. The summed E-state index contributed by atoms with van der Waals surface area (Å²) in [5, 5.41) is 13.2. The fraction of sp³-hybridized carbons (Fsp3) is 1.00. The Kier molecular flexibility index (Phi) is 5.73. The van der Waals surface area contributed by atoms with Crippen molar-refractivity contribution in [3.05, 3.63) is 0 Å². The first-order valence-corrected chi connectivity index (χ1v) is 6.62. The van der Waals surface area contributed by atoms with Gasteiger partial charge in [0.15, 0.2) is 0 Å². The van der Waals surface area contributed by atoms with Crippen molar-refractivity contribution in [2.24, 2.45) is 0 Å². The Balaban J connectivity index is 2.07. The van der Waals surface area contributed by atoms with Gasteiger partial charge in [0.2, 0.25) is 0 Å². The molecule has 0 aromatic carbocycles. The maximum atomic E-state index is 9.64. The Morgan fingerprint density at radius 2 is 2.06 bits per heavy atom. The zero-order chi connectivity index (χ0) is 12.0. The first-order valence-electron chi connectivity index (χ1n) is 6.62. The third kappa shape index (κ3) is 6.46. The van der Waals surface area contributed by atoms with E-state index >= 15 is 0 Å². The number of rotatable bonds is 6. The van der Waals surface area contributed by atoms with Crippen molar-refractivity contribution in [3.8, 4) is 0 Å². The van der Waals surface area contributed by atoms with Gasteiger partial charge in [-0.3, -0.25) is 0 Å². The van der Waals surface area contributed by atoms with Gasteiger partial charge in [-0.15, -0.1) is 0 Å². The van der Waals surface area contributed by atoms with Gasteiger partial charge in [-0.1, -0.05) is 6.42 Å². The lowest BCUT2D eigenvalue weighted by atomic mass is 10.0. The molecule has 1 saturated heterocycles. The van der Waals surface area contributed by atoms with Gasteiger partial charge in [0.25, 0.3) is 0 Å². The summed E-state index contributed by atoms with van der Waals surface area (Å²) in [5.74, 6) is 0. The number of hydrogen-bond acceptors (Lipinski definition) is 3. The highest BCUT2D eigenvalue weighted by molar-refractivity contribution is 4.74. The molecule has 0 aromatic rings. The normalized spacial score (nSPS) is 22.7. The lowest BCUT2D eigenvalue weighted by Gasteiger charge is -2.27. The van der Waals surface area contributed by atoms with E-state index in [0.717, 1.165) is 25.6 Å². The Morgan fingerprint density at radius 1 is 1.31 bits per heavy atom. The molecule has 1 rings (SSSR count). The quantitative estimate of drug-likeness (QED) is 0.725. The summed E-state index contributed by atoms with van der Waals surface area (Å²) in [4.78, 5) is 2.33. The Labute approximate surface area is 100 Å². The third-order valence-corrected chi connectivity index (χ3v) is 3.38. The molecule has 1 aliphatic heterocycles. The highest BCUT2D eigenvalue weighted by Gasteiger charge is 2.15. The van der Waals surface area contributed by atoms with E-state index in [4.69, 9.17) is 0 Å². The molecule has 3 heteroatoms. The van der Waals surface area contributed by atoms with Gasteiger partial charge in [0.1, 0.15) is 0 Å². The predicted molar refractivity (Wildman–Crippen MR) is 68.7 cm³/mol. The van der Waals surface area contributed by atoms with Crippen molar-refractivity contribution in [1.29, 1.82) is 0 Å². The van der Waals surface area contributed by atoms with Crippen LogP contribution < -0.4 is 5.32 Å². The maximum absolute atomic E-state index is 9.64. The molecule has 0 aliphatic carbocycles. The predicted octanol–water partition coefficient (Wildman–Crippen LogP) is 1.61. The summed E-state index contributed by atoms with van der Waals surface area (Å²) in [6.45, 7) is 7.06. The molecule has 0 saturated carbocycles. The monoisotopic (exact) mass is 228 g/mol. The van der Waals surface area contributed by atoms with Crippen LogP contribution in [0.3, 0.4) is 0 Å². The molecule has 2 N–H and O–H groups in total. The van der Waals surface area contributed by atoms with E-state index < -0.39 is 5.60 Å². The first-order chi connectivity index (χ1) is 7.47. The van der Waals surface area contributed by atoms with Crippen LogP contribution in [0.15, 0.2) is 0 Å². The fourth-order valence-electron chi connectivity index (χ4n) is 2.12. The number of nitrogens with zero attached hydrogens (tertiary/aromatic N) is 1. The molecule has 1 heterocycles. The van der Waals surface area contributed by atoms with Crippen LogP contribution in [-0.4, -0.2) is 48.3 Å². The molecule has 96 valence electrons. The second-order valence-corrected chi connectivity index (χ2v) is 5.80. The summed E-state index contributed by atoms with van der Waals surface area (Å²) in [7, 11) is 2.15. The van der Waals surface area contributed by atoms with E-state index in [0.29, 0.717) is 0 Å². The zero-order valence-corrected chi connectivity index (χ0v) is 11.1. The highest BCUT2D eigenvalue weighted by Crippen LogP contribution is 2.11. The SMILES string of the molecule is CN(CCC1CCCCN1)CCC(C)(C)O. The summed E-state index contributed by atoms with van der Waals surface area (Å²) in [6.07, 6.45) is 6.14. The van der Waals surface area contributed by atoms with Crippen LogP contribution >= 0.6 is 0 Å². The van der Waals surface area contributed by atoms with Gasteiger partial charge in [-0.05, 0) is 59.7 Å². The molecule has 0 aromatic heterocycles. The van der Waals surface area contributed by atoms with Gasteiger partial charge >= 0.3 is 0 Å². The molecule has 1 atom stereocenters. The molecule has 0 bridgehead atoms. The van der Waals surface area contributed by atoms with Gasteiger partial charge in [-0.2, -0.15) is 0 Å². The summed E-state index contributed by atoms with van der Waals surface area (Å²) >= 11 is 0. The standard InChI is InChI=1S/C13H28N2O/c1-13(2,16)8-11-15(3)10-7-12-6-4-5-9-14-12/h12,14,16H,4-11H2,1-3H3. The van der Waals surface area contributed by atoms with Crippen LogP contribution in [0.2, 0.25) is 0 Å². The Morgan fingerprint density at radius 3 is 2.62 bits per heavy atom. The number of piperidine rings is 1. The van der Waals surface area contributed by atoms with E-state index in [1.54, 1.807) is 0 Å². The van der Waals surface area contributed by atoms with Crippen molar-refractivity contribution in [3.63, 3.8) is 0 Å². The van der Waals surface area contributed by atoms with E-state index in [-0.39, 0.29) is 0 Å². The lowest BCUT2D eigenvalue weighted by molar-refractivity contribution is 0.0602. The smallest absolute Gasteiger partial charge is 0.0603 e. The maximum Gasteiger partial charge on any atom is 0.0603 e. The topological polar surface area (TPSA) is 35.5 Å². The minimum Gasteiger partial charge on any atom is -0.390 e. The van der Waals surface area contributed by atoms with Crippen LogP contribution in [0.4, 0.5) is 0 Å². The number of hydrogen-bond donors (Lipinski definition) is 2. The highest BCUT2D eigenvalue weighted by atomic mass is 16.3. The lowest BCUT2D eigenvalue weighted by Crippen LogP contribution is -2.37. The molecule has 16 heavy (non-hydrogen) atoms. The van der Waals surface area contributed by atoms with E-state index in [9.17, 15) is 5.11 Å². The number of aliphatic hydroxyl groups is 1. The van der Waals surface area contributed by atoms with Gasteiger partial charge in [-0.25, -0.2) is 0 Å². The van der Waals surface area contributed by atoms with Crippen molar-refractivity contribution in [2.45, 2.75) is 57.6 Å². The van der Waals surface area contributed by atoms with Crippen LogP contribution in [-0.2, 0) is 0 Å². The largest absolute Gasteiger partial charge is 0.390 e.